The van der Waals surface area contributed by atoms with E-state index in [1.54, 1.807) is 49.6 Å². The third-order valence-electron chi connectivity index (χ3n) is 4.68. The highest BCUT2D eigenvalue weighted by Gasteiger charge is 2.36. The zero-order valence-electron chi connectivity index (χ0n) is 18.3. The van der Waals surface area contributed by atoms with Gasteiger partial charge in [-0.3, -0.25) is 19.3 Å². The first-order chi connectivity index (χ1) is 15.4. The lowest BCUT2D eigenvalue weighted by atomic mass is 10.1. The number of carbonyl (C=O) groups excluding carboxylic acids is 3. The number of rotatable bonds is 8. The molecule has 1 aliphatic rings. The van der Waals surface area contributed by atoms with E-state index in [1.165, 1.54) is 7.11 Å². The van der Waals surface area contributed by atoms with Gasteiger partial charge in [0, 0.05) is 5.69 Å². The predicted octanol–water partition coefficient (Wildman–Crippen LogP) is 4.09. The van der Waals surface area contributed by atoms with Gasteiger partial charge in [-0.05, 0) is 79.2 Å². The van der Waals surface area contributed by atoms with Gasteiger partial charge in [0.25, 0.3) is 11.1 Å². The van der Waals surface area contributed by atoms with E-state index in [4.69, 9.17) is 14.2 Å². The first kappa shape index (κ1) is 23.2. The fourth-order valence-corrected chi connectivity index (χ4v) is 3.90. The molecule has 1 fully saturated rings. The number of amides is 3. The SMILES string of the molecule is CCOc1ccc(NC(=O)CN2C(=O)S/C(=C\c3cc(OC)c(OC)cc3C)C2=O)cc1. The molecular formula is C23H24N2O6S. The maximum atomic E-state index is 12.8. The van der Waals surface area contributed by atoms with Crippen LogP contribution in [0.2, 0.25) is 0 Å². The van der Waals surface area contributed by atoms with Crippen LogP contribution in [0.4, 0.5) is 10.5 Å². The van der Waals surface area contributed by atoms with Crippen molar-refractivity contribution in [3.8, 4) is 17.2 Å². The molecular weight excluding hydrogens is 432 g/mol. The van der Waals surface area contributed by atoms with E-state index in [0.717, 1.165) is 22.2 Å². The van der Waals surface area contributed by atoms with E-state index in [0.29, 0.717) is 35.1 Å². The minimum absolute atomic E-state index is 0.235. The van der Waals surface area contributed by atoms with Crippen LogP contribution in [0, 0.1) is 6.92 Å². The molecule has 2 aromatic carbocycles. The summed E-state index contributed by atoms with van der Waals surface area (Å²) in [5.41, 5.74) is 2.11. The van der Waals surface area contributed by atoms with Gasteiger partial charge in [0.2, 0.25) is 5.91 Å². The number of aryl methyl sites for hydroxylation is 1. The highest BCUT2D eigenvalue weighted by Crippen LogP contribution is 2.36. The van der Waals surface area contributed by atoms with Crippen LogP contribution in [0.1, 0.15) is 18.1 Å². The number of hydrogen-bond acceptors (Lipinski definition) is 7. The summed E-state index contributed by atoms with van der Waals surface area (Å²) >= 11 is 0.794. The van der Waals surface area contributed by atoms with Crippen molar-refractivity contribution in [1.82, 2.24) is 4.90 Å². The van der Waals surface area contributed by atoms with Crippen LogP contribution in [0.3, 0.4) is 0 Å². The summed E-state index contributed by atoms with van der Waals surface area (Å²) in [4.78, 5) is 38.7. The van der Waals surface area contributed by atoms with Crippen molar-refractivity contribution in [2.24, 2.45) is 0 Å². The van der Waals surface area contributed by atoms with Gasteiger partial charge in [-0.15, -0.1) is 0 Å². The molecule has 8 nitrogen and oxygen atoms in total. The topological polar surface area (TPSA) is 94.2 Å². The van der Waals surface area contributed by atoms with Crippen LogP contribution in [0.5, 0.6) is 17.2 Å². The zero-order chi connectivity index (χ0) is 23.3. The summed E-state index contributed by atoms with van der Waals surface area (Å²) in [7, 11) is 3.06. The van der Waals surface area contributed by atoms with Crippen molar-refractivity contribution in [3.63, 3.8) is 0 Å². The number of imide groups is 1. The Labute approximate surface area is 190 Å². The van der Waals surface area contributed by atoms with E-state index in [-0.39, 0.29) is 11.4 Å². The molecule has 0 saturated carbocycles. The monoisotopic (exact) mass is 456 g/mol. The highest BCUT2D eigenvalue weighted by atomic mass is 32.2. The van der Waals surface area contributed by atoms with Gasteiger partial charge < -0.3 is 19.5 Å². The molecule has 1 aliphatic heterocycles. The van der Waals surface area contributed by atoms with Crippen LogP contribution < -0.4 is 19.5 Å². The van der Waals surface area contributed by atoms with Gasteiger partial charge in [0.05, 0.1) is 25.7 Å². The second kappa shape index (κ2) is 10.2. The van der Waals surface area contributed by atoms with Gasteiger partial charge in [0.1, 0.15) is 12.3 Å². The first-order valence-electron chi connectivity index (χ1n) is 9.87. The van der Waals surface area contributed by atoms with Crippen molar-refractivity contribution in [3.05, 3.63) is 52.4 Å². The number of methoxy groups -OCH3 is 2. The molecule has 2 aromatic rings. The van der Waals surface area contributed by atoms with Crippen LogP contribution in [-0.4, -0.2) is 49.3 Å². The maximum absolute atomic E-state index is 12.8. The summed E-state index contributed by atoms with van der Waals surface area (Å²) < 4.78 is 16.0. The standard InChI is InChI=1S/C23H24N2O6S/c1-5-31-17-8-6-16(7-9-17)24-21(26)13-25-22(27)20(32-23(25)28)12-15-11-19(30-4)18(29-3)10-14(15)2/h6-12H,5,13H2,1-4H3,(H,24,26)/b20-12-. The summed E-state index contributed by atoms with van der Waals surface area (Å²) in [5.74, 6) is 0.780. The molecule has 0 unspecified atom stereocenters. The van der Waals surface area contributed by atoms with E-state index in [1.807, 2.05) is 13.8 Å². The van der Waals surface area contributed by atoms with Gasteiger partial charge >= 0.3 is 0 Å². The van der Waals surface area contributed by atoms with Gasteiger partial charge in [-0.2, -0.15) is 0 Å². The van der Waals surface area contributed by atoms with Gasteiger partial charge in [-0.1, -0.05) is 0 Å². The molecule has 168 valence electrons. The van der Waals surface area contributed by atoms with Crippen LogP contribution in [0.25, 0.3) is 6.08 Å². The molecule has 0 radical (unpaired) electrons. The number of benzene rings is 2. The number of anilines is 1. The number of thioether (sulfide) groups is 1. The van der Waals surface area contributed by atoms with Crippen LogP contribution >= 0.6 is 11.8 Å². The van der Waals surface area contributed by atoms with E-state index in [2.05, 4.69) is 5.32 Å². The normalized spacial score (nSPS) is 14.6. The molecule has 0 aromatic heterocycles. The molecule has 1 N–H and O–H groups in total. The predicted molar refractivity (Wildman–Crippen MR) is 123 cm³/mol. The summed E-state index contributed by atoms with van der Waals surface area (Å²) in [5, 5.41) is 2.18. The van der Waals surface area contributed by atoms with Crippen molar-refractivity contribution >= 4 is 40.6 Å². The lowest BCUT2D eigenvalue weighted by Gasteiger charge is -2.13. The Morgan fingerprint density at radius 1 is 1.09 bits per heavy atom. The number of carbonyl (C=O) groups is 3. The molecule has 1 saturated heterocycles. The Kier molecular flexibility index (Phi) is 7.42. The maximum Gasteiger partial charge on any atom is 0.294 e. The molecule has 0 atom stereocenters. The van der Waals surface area contributed by atoms with Gasteiger partial charge in [-0.25, -0.2) is 0 Å². The summed E-state index contributed by atoms with van der Waals surface area (Å²) in [6.45, 7) is 3.91. The van der Waals surface area contributed by atoms with E-state index < -0.39 is 17.1 Å². The molecule has 32 heavy (non-hydrogen) atoms. The average Bonchev–Trinajstić information content (AvgIpc) is 3.03. The Hall–Kier alpha value is -3.46. The zero-order valence-corrected chi connectivity index (χ0v) is 19.1. The summed E-state index contributed by atoms with van der Waals surface area (Å²) in [6.07, 6.45) is 1.62. The second-order valence-electron chi connectivity index (χ2n) is 6.84. The minimum Gasteiger partial charge on any atom is -0.494 e. The lowest BCUT2D eigenvalue weighted by molar-refractivity contribution is -0.127. The Bertz CT molecular complexity index is 1060. The van der Waals surface area contributed by atoms with Crippen LogP contribution in [0.15, 0.2) is 41.3 Å². The Balaban J connectivity index is 1.71. The summed E-state index contributed by atoms with van der Waals surface area (Å²) in [6, 6.07) is 10.4. The fourth-order valence-electron chi connectivity index (χ4n) is 3.07. The molecule has 9 heteroatoms. The van der Waals surface area contributed by atoms with Crippen molar-refractivity contribution < 1.29 is 28.6 Å². The molecule has 3 amide bonds. The number of nitrogens with one attached hydrogen (secondary N) is 1. The third kappa shape index (κ3) is 5.23. The smallest absolute Gasteiger partial charge is 0.294 e. The quantitative estimate of drug-likeness (QED) is 0.598. The first-order valence-corrected chi connectivity index (χ1v) is 10.7. The van der Waals surface area contributed by atoms with Crippen molar-refractivity contribution in [1.29, 1.82) is 0 Å². The van der Waals surface area contributed by atoms with Crippen molar-refractivity contribution in [2.75, 3.05) is 32.7 Å². The second-order valence-corrected chi connectivity index (χ2v) is 7.83. The molecule has 0 spiro atoms. The third-order valence-corrected chi connectivity index (χ3v) is 5.59. The largest absolute Gasteiger partial charge is 0.494 e. The minimum atomic E-state index is -0.518. The molecule has 3 rings (SSSR count). The average molecular weight is 457 g/mol. The van der Waals surface area contributed by atoms with E-state index >= 15 is 0 Å². The van der Waals surface area contributed by atoms with Crippen molar-refractivity contribution in [2.45, 2.75) is 13.8 Å². The Morgan fingerprint density at radius 3 is 2.38 bits per heavy atom. The molecule has 0 bridgehead atoms. The van der Waals surface area contributed by atoms with Gasteiger partial charge in [0.15, 0.2) is 11.5 Å². The number of ether oxygens (including phenoxy) is 3. The fraction of sp³-hybridized carbons (Fsp3) is 0.261. The lowest BCUT2D eigenvalue weighted by Crippen LogP contribution is -2.36. The highest BCUT2D eigenvalue weighted by molar-refractivity contribution is 8.18. The number of nitrogens with zero attached hydrogens (tertiary/aromatic N) is 1. The molecule has 1 heterocycles. The number of hydrogen-bond donors (Lipinski definition) is 1. The molecule has 0 aliphatic carbocycles. The Morgan fingerprint density at radius 2 is 1.75 bits per heavy atom. The van der Waals surface area contributed by atoms with E-state index in [9.17, 15) is 14.4 Å². The van der Waals surface area contributed by atoms with Crippen LogP contribution in [-0.2, 0) is 9.59 Å².